The van der Waals surface area contributed by atoms with E-state index in [1.807, 2.05) is 28.8 Å². The zero-order valence-electron chi connectivity index (χ0n) is 17.0. The summed E-state index contributed by atoms with van der Waals surface area (Å²) in [5.74, 6) is 0.772. The van der Waals surface area contributed by atoms with Crippen LogP contribution in [0.4, 0.5) is 0 Å². The molecule has 1 aromatic heterocycles. The lowest BCUT2D eigenvalue weighted by molar-refractivity contribution is -0.130. The molecule has 1 atom stereocenters. The molecule has 158 valence electrons. The number of aryl methyl sites for hydroxylation is 1. The second kappa shape index (κ2) is 10.9. The molecule has 2 N–H and O–H groups in total. The van der Waals surface area contributed by atoms with Gasteiger partial charge in [0.15, 0.2) is 0 Å². The number of imidazole rings is 1. The number of fused-ring (bicyclic) bond motifs is 1. The highest BCUT2D eigenvalue weighted by molar-refractivity contribution is 5.81. The molecule has 0 saturated carbocycles. The third-order valence-electron chi connectivity index (χ3n) is 4.98. The average molecular weight is 402 g/mol. The maximum atomic E-state index is 12.4. The summed E-state index contributed by atoms with van der Waals surface area (Å²) in [6.45, 7) is 2.66. The van der Waals surface area contributed by atoms with Crippen molar-refractivity contribution in [3.63, 3.8) is 0 Å². The highest BCUT2D eigenvalue weighted by atomic mass is 16.5. The Kier molecular flexibility index (Phi) is 8.01. The van der Waals surface area contributed by atoms with Gasteiger partial charge in [0.05, 0.1) is 11.0 Å². The number of rotatable bonds is 11. The first-order valence-corrected chi connectivity index (χ1v) is 10.3. The van der Waals surface area contributed by atoms with Crippen molar-refractivity contribution in [3.8, 4) is 0 Å². The van der Waals surface area contributed by atoms with Crippen LogP contribution in [-0.4, -0.2) is 60.9 Å². The topological polar surface area (TPSA) is 94.5 Å². The van der Waals surface area contributed by atoms with Crippen molar-refractivity contribution in [2.45, 2.75) is 44.8 Å². The lowest BCUT2D eigenvalue weighted by atomic mass is 10.2. The van der Waals surface area contributed by atoms with E-state index in [4.69, 9.17) is 14.5 Å². The van der Waals surface area contributed by atoms with E-state index < -0.39 is 0 Å². The van der Waals surface area contributed by atoms with Gasteiger partial charge in [-0.2, -0.15) is 0 Å². The first-order chi connectivity index (χ1) is 14.2. The van der Waals surface area contributed by atoms with Crippen molar-refractivity contribution in [3.05, 3.63) is 30.1 Å². The summed E-state index contributed by atoms with van der Waals surface area (Å²) in [6, 6.07) is 7.81. The lowest BCUT2D eigenvalue weighted by Gasteiger charge is -2.12. The molecule has 2 heterocycles. The fourth-order valence-electron chi connectivity index (χ4n) is 3.49. The molecule has 0 radical (unpaired) electrons. The smallest absolute Gasteiger partial charge is 0.249 e. The van der Waals surface area contributed by atoms with Gasteiger partial charge in [-0.1, -0.05) is 12.1 Å². The minimum absolute atomic E-state index is 0.0357. The molecule has 0 bridgehead atoms. The van der Waals surface area contributed by atoms with E-state index in [-0.39, 0.29) is 24.5 Å². The monoisotopic (exact) mass is 402 g/mol. The number of carbonyl (C=O) groups is 2. The molecule has 1 unspecified atom stereocenters. The molecule has 1 aromatic carbocycles. The number of carbonyl (C=O) groups excluding carboxylic acids is 2. The van der Waals surface area contributed by atoms with E-state index in [1.165, 1.54) is 0 Å². The first-order valence-electron chi connectivity index (χ1n) is 10.3. The van der Waals surface area contributed by atoms with Crippen molar-refractivity contribution in [2.75, 3.05) is 33.4 Å². The van der Waals surface area contributed by atoms with Crippen molar-refractivity contribution in [2.24, 2.45) is 0 Å². The second-order valence-corrected chi connectivity index (χ2v) is 7.20. The van der Waals surface area contributed by atoms with E-state index in [9.17, 15) is 9.59 Å². The van der Waals surface area contributed by atoms with Crippen LogP contribution in [0.3, 0.4) is 0 Å². The molecule has 1 aliphatic heterocycles. The van der Waals surface area contributed by atoms with Crippen LogP contribution in [0.2, 0.25) is 0 Å². The Labute approximate surface area is 171 Å². The van der Waals surface area contributed by atoms with Crippen molar-refractivity contribution < 1.29 is 19.1 Å². The van der Waals surface area contributed by atoms with Crippen LogP contribution in [0, 0.1) is 0 Å². The van der Waals surface area contributed by atoms with Crippen LogP contribution in [0.25, 0.3) is 11.0 Å². The molecule has 0 spiro atoms. The van der Waals surface area contributed by atoms with E-state index in [1.54, 1.807) is 7.11 Å². The maximum absolute atomic E-state index is 12.4. The molecular formula is C21H30N4O4. The van der Waals surface area contributed by atoms with Crippen molar-refractivity contribution in [1.82, 2.24) is 20.2 Å². The van der Waals surface area contributed by atoms with Gasteiger partial charge in [-0.3, -0.25) is 9.59 Å². The van der Waals surface area contributed by atoms with Gasteiger partial charge < -0.3 is 24.7 Å². The van der Waals surface area contributed by atoms with Crippen molar-refractivity contribution >= 4 is 22.8 Å². The van der Waals surface area contributed by atoms with E-state index in [0.717, 1.165) is 42.5 Å². The van der Waals surface area contributed by atoms with Crippen LogP contribution in [0.1, 0.15) is 31.5 Å². The number of amides is 2. The molecule has 8 nitrogen and oxygen atoms in total. The SMILES string of the molecule is COCCCNC(=O)Cn1c(CCCNC(=O)C2CCCO2)nc2ccccc21. The normalized spacial score (nSPS) is 16.2. The summed E-state index contributed by atoms with van der Waals surface area (Å²) < 4.78 is 12.4. The number of para-hydroxylation sites is 2. The third-order valence-corrected chi connectivity index (χ3v) is 4.98. The van der Waals surface area contributed by atoms with Gasteiger partial charge >= 0.3 is 0 Å². The predicted molar refractivity (Wildman–Crippen MR) is 110 cm³/mol. The molecule has 0 aliphatic carbocycles. The average Bonchev–Trinajstić information content (AvgIpc) is 3.37. The minimum Gasteiger partial charge on any atom is -0.385 e. The van der Waals surface area contributed by atoms with Gasteiger partial charge in [0.2, 0.25) is 11.8 Å². The van der Waals surface area contributed by atoms with Crippen LogP contribution < -0.4 is 10.6 Å². The number of benzene rings is 1. The summed E-state index contributed by atoms with van der Waals surface area (Å²) in [4.78, 5) is 29.1. The Bertz CT molecular complexity index is 814. The standard InChI is InChI=1S/C21H30N4O4/c1-28-13-6-12-22-20(26)15-25-17-8-3-2-7-16(17)24-19(25)10-4-11-23-21(27)18-9-5-14-29-18/h2-3,7-8,18H,4-6,9-15H2,1H3,(H,22,26)(H,23,27). The number of ether oxygens (including phenoxy) is 2. The predicted octanol–water partition coefficient (Wildman–Crippen LogP) is 1.42. The van der Waals surface area contributed by atoms with Gasteiger partial charge in [0, 0.05) is 39.8 Å². The van der Waals surface area contributed by atoms with Crippen LogP contribution in [0.15, 0.2) is 24.3 Å². The van der Waals surface area contributed by atoms with Gasteiger partial charge in [0.25, 0.3) is 0 Å². The summed E-state index contributed by atoms with van der Waals surface area (Å²) >= 11 is 0. The highest BCUT2D eigenvalue weighted by Gasteiger charge is 2.23. The Morgan fingerprint density at radius 3 is 2.86 bits per heavy atom. The fraction of sp³-hybridized carbons (Fsp3) is 0.571. The number of nitrogens with one attached hydrogen (secondary N) is 2. The third kappa shape index (κ3) is 6.01. The zero-order valence-corrected chi connectivity index (χ0v) is 17.0. The van der Waals surface area contributed by atoms with Crippen molar-refractivity contribution in [1.29, 1.82) is 0 Å². The molecule has 3 rings (SSSR count). The van der Waals surface area contributed by atoms with Gasteiger partial charge in [-0.25, -0.2) is 4.98 Å². The molecular weight excluding hydrogens is 372 g/mol. The first kappa shape index (κ1) is 21.3. The quantitative estimate of drug-likeness (QED) is 0.555. The summed E-state index contributed by atoms with van der Waals surface area (Å²) in [6.07, 6.45) is 3.64. The molecule has 2 aromatic rings. The fourth-order valence-corrected chi connectivity index (χ4v) is 3.49. The minimum atomic E-state index is -0.304. The maximum Gasteiger partial charge on any atom is 0.249 e. The Hall–Kier alpha value is -2.45. The van der Waals surface area contributed by atoms with Crippen LogP contribution in [0.5, 0.6) is 0 Å². The number of methoxy groups -OCH3 is 1. The molecule has 1 fully saturated rings. The molecule has 8 heteroatoms. The van der Waals surface area contributed by atoms with Gasteiger partial charge in [0.1, 0.15) is 18.5 Å². The Morgan fingerprint density at radius 1 is 1.24 bits per heavy atom. The second-order valence-electron chi connectivity index (χ2n) is 7.20. The number of nitrogens with zero attached hydrogens (tertiary/aromatic N) is 2. The van der Waals surface area contributed by atoms with E-state index >= 15 is 0 Å². The van der Waals surface area contributed by atoms with Crippen LogP contribution in [-0.2, 0) is 32.0 Å². The Balaban J connectivity index is 1.56. The highest BCUT2D eigenvalue weighted by Crippen LogP contribution is 2.17. The molecule has 1 saturated heterocycles. The zero-order chi connectivity index (χ0) is 20.5. The summed E-state index contributed by atoms with van der Waals surface area (Å²) in [7, 11) is 1.65. The summed E-state index contributed by atoms with van der Waals surface area (Å²) in [5, 5.41) is 5.86. The largest absolute Gasteiger partial charge is 0.385 e. The van der Waals surface area contributed by atoms with Crippen LogP contribution >= 0.6 is 0 Å². The number of aromatic nitrogens is 2. The van der Waals surface area contributed by atoms with E-state index in [0.29, 0.717) is 32.7 Å². The lowest BCUT2D eigenvalue weighted by Crippen LogP contribution is -2.35. The number of hydrogen-bond donors (Lipinski definition) is 2. The molecule has 2 amide bonds. The molecule has 29 heavy (non-hydrogen) atoms. The van der Waals surface area contributed by atoms with E-state index in [2.05, 4.69) is 10.6 Å². The van der Waals surface area contributed by atoms with Gasteiger partial charge in [-0.15, -0.1) is 0 Å². The molecule has 1 aliphatic rings. The summed E-state index contributed by atoms with van der Waals surface area (Å²) in [5.41, 5.74) is 1.82. The van der Waals surface area contributed by atoms with Gasteiger partial charge in [-0.05, 0) is 37.8 Å². The number of hydrogen-bond acceptors (Lipinski definition) is 5. The Morgan fingerprint density at radius 2 is 2.07 bits per heavy atom.